The van der Waals surface area contributed by atoms with Crippen molar-refractivity contribution in [1.82, 2.24) is 9.78 Å². The molecule has 66 valence electrons. The monoisotopic (exact) mass is 186 g/mol. The van der Waals surface area contributed by atoms with Gasteiger partial charge in [-0.05, 0) is 13.8 Å². The molecule has 0 aliphatic heterocycles. The third-order valence-corrected chi connectivity index (χ3v) is 2.17. The molecule has 0 radical (unpaired) electrons. The Morgan fingerprint density at radius 3 is 2.58 bits per heavy atom. The summed E-state index contributed by atoms with van der Waals surface area (Å²) in [6.07, 6.45) is 0.357. The number of aromatic nitrogens is 2. The molecule has 0 atom stereocenters. The maximum absolute atomic E-state index is 10.8. The van der Waals surface area contributed by atoms with Gasteiger partial charge in [-0.15, -0.1) is 0 Å². The SMILES string of the molecule is CC(=O)Cc1c(Cl)c(C)nn1C. The highest BCUT2D eigenvalue weighted by Crippen LogP contribution is 2.19. The van der Waals surface area contributed by atoms with Crippen molar-refractivity contribution in [1.29, 1.82) is 0 Å². The van der Waals surface area contributed by atoms with Crippen LogP contribution in [0.15, 0.2) is 0 Å². The van der Waals surface area contributed by atoms with Crippen molar-refractivity contribution in [2.75, 3.05) is 0 Å². The Labute approximate surface area is 76.3 Å². The van der Waals surface area contributed by atoms with E-state index in [1.807, 2.05) is 6.92 Å². The second-order valence-corrected chi connectivity index (χ2v) is 3.23. The number of halogens is 1. The minimum atomic E-state index is 0.0971. The smallest absolute Gasteiger partial charge is 0.135 e. The highest BCUT2D eigenvalue weighted by atomic mass is 35.5. The number of carbonyl (C=O) groups excluding carboxylic acids is 1. The summed E-state index contributed by atoms with van der Waals surface area (Å²) in [6.45, 7) is 3.37. The van der Waals surface area contributed by atoms with Crippen LogP contribution in [0.4, 0.5) is 0 Å². The van der Waals surface area contributed by atoms with Crippen LogP contribution in [0.3, 0.4) is 0 Å². The maximum atomic E-state index is 10.8. The standard InChI is InChI=1S/C8H11ClN2O/c1-5(12)4-7-8(9)6(2)10-11(7)3/h4H2,1-3H3. The summed E-state index contributed by atoms with van der Waals surface area (Å²) in [4.78, 5) is 10.8. The van der Waals surface area contributed by atoms with E-state index in [1.54, 1.807) is 18.7 Å². The molecular weight excluding hydrogens is 176 g/mol. The fraction of sp³-hybridized carbons (Fsp3) is 0.500. The summed E-state index contributed by atoms with van der Waals surface area (Å²) in [5, 5.41) is 4.70. The van der Waals surface area contributed by atoms with Gasteiger partial charge in [0.25, 0.3) is 0 Å². The zero-order valence-electron chi connectivity index (χ0n) is 7.39. The molecule has 0 N–H and O–H groups in total. The first-order valence-electron chi connectivity index (χ1n) is 3.69. The third-order valence-electron chi connectivity index (χ3n) is 1.68. The number of hydrogen-bond donors (Lipinski definition) is 0. The van der Waals surface area contributed by atoms with Gasteiger partial charge < -0.3 is 0 Å². The number of aryl methyl sites for hydroxylation is 2. The molecular formula is C8H11ClN2O. The van der Waals surface area contributed by atoms with Crippen molar-refractivity contribution in [3.8, 4) is 0 Å². The molecule has 0 aliphatic carbocycles. The minimum absolute atomic E-state index is 0.0971. The first-order valence-corrected chi connectivity index (χ1v) is 4.07. The van der Waals surface area contributed by atoms with E-state index in [2.05, 4.69) is 5.10 Å². The number of ketones is 1. The van der Waals surface area contributed by atoms with Gasteiger partial charge in [0, 0.05) is 13.5 Å². The molecule has 0 aromatic carbocycles. The molecule has 12 heavy (non-hydrogen) atoms. The topological polar surface area (TPSA) is 34.9 Å². The molecule has 1 rings (SSSR count). The Morgan fingerprint density at radius 1 is 1.67 bits per heavy atom. The highest BCUT2D eigenvalue weighted by Gasteiger charge is 2.11. The fourth-order valence-electron chi connectivity index (χ4n) is 1.11. The van der Waals surface area contributed by atoms with Gasteiger partial charge in [0.15, 0.2) is 0 Å². The Kier molecular flexibility index (Phi) is 2.52. The first-order chi connectivity index (χ1) is 5.52. The van der Waals surface area contributed by atoms with Crippen LogP contribution in [0.2, 0.25) is 5.02 Å². The van der Waals surface area contributed by atoms with Crippen LogP contribution in [0.5, 0.6) is 0 Å². The summed E-state index contributed by atoms with van der Waals surface area (Å²) in [6, 6.07) is 0. The van der Waals surface area contributed by atoms with Crippen LogP contribution in [-0.2, 0) is 18.3 Å². The Morgan fingerprint density at radius 2 is 2.25 bits per heavy atom. The highest BCUT2D eigenvalue weighted by molar-refractivity contribution is 6.32. The normalized spacial score (nSPS) is 10.3. The molecule has 0 saturated heterocycles. The van der Waals surface area contributed by atoms with Crippen molar-refractivity contribution in [2.24, 2.45) is 7.05 Å². The first kappa shape index (κ1) is 9.26. The van der Waals surface area contributed by atoms with Gasteiger partial charge in [0.05, 0.1) is 16.4 Å². The number of Topliss-reactive ketones (excluding diaryl/α,β-unsaturated/α-hetero) is 1. The molecule has 3 nitrogen and oxygen atoms in total. The second-order valence-electron chi connectivity index (χ2n) is 2.85. The minimum Gasteiger partial charge on any atom is -0.300 e. The number of nitrogens with zero attached hydrogens (tertiary/aromatic N) is 2. The van der Waals surface area contributed by atoms with Gasteiger partial charge in [-0.25, -0.2) is 0 Å². The maximum Gasteiger partial charge on any atom is 0.135 e. The lowest BCUT2D eigenvalue weighted by atomic mass is 10.2. The summed E-state index contributed by atoms with van der Waals surface area (Å²) >= 11 is 5.92. The van der Waals surface area contributed by atoms with Gasteiger partial charge in [-0.2, -0.15) is 5.10 Å². The lowest BCUT2D eigenvalue weighted by molar-refractivity contribution is -0.116. The van der Waals surface area contributed by atoms with Crippen LogP contribution >= 0.6 is 11.6 Å². The fourth-order valence-corrected chi connectivity index (χ4v) is 1.33. The summed E-state index contributed by atoms with van der Waals surface area (Å²) in [7, 11) is 1.79. The third kappa shape index (κ3) is 1.67. The van der Waals surface area contributed by atoms with E-state index >= 15 is 0 Å². The predicted octanol–water partition coefficient (Wildman–Crippen LogP) is 1.51. The van der Waals surface area contributed by atoms with E-state index in [-0.39, 0.29) is 5.78 Å². The molecule has 0 spiro atoms. The Hall–Kier alpha value is -0.830. The van der Waals surface area contributed by atoms with Crippen molar-refractivity contribution in [3.63, 3.8) is 0 Å². The number of rotatable bonds is 2. The van der Waals surface area contributed by atoms with Crippen molar-refractivity contribution >= 4 is 17.4 Å². The van der Waals surface area contributed by atoms with E-state index in [0.717, 1.165) is 11.4 Å². The van der Waals surface area contributed by atoms with Crippen molar-refractivity contribution in [3.05, 3.63) is 16.4 Å². The molecule has 0 saturated carbocycles. The average molecular weight is 187 g/mol. The van der Waals surface area contributed by atoms with Crippen LogP contribution < -0.4 is 0 Å². The largest absolute Gasteiger partial charge is 0.300 e. The molecule has 1 aromatic heterocycles. The number of hydrogen-bond acceptors (Lipinski definition) is 2. The van der Waals surface area contributed by atoms with E-state index in [4.69, 9.17) is 11.6 Å². The quantitative estimate of drug-likeness (QED) is 0.702. The zero-order valence-corrected chi connectivity index (χ0v) is 8.14. The van der Waals surface area contributed by atoms with Crippen molar-refractivity contribution in [2.45, 2.75) is 20.3 Å². The lowest BCUT2D eigenvalue weighted by Gasteiger charge is -1.97. The van der Waals surface area contributed by atoms with E-state index in [9.17, 15) is 4.79 Å². The van der Waals surface area contributed by atoms with Gasteiger partial charge in [0.1, 0.15) is 5.78 Å². The summed E-state index contributed by atoms with van der Waals surface area (Å²) in [5.41, 5.74) is 1.57. The molecule has 1 heterocycles. The van der Waals surface area contributed by atoms with E-state index < -0.39 is 0 Å². The van der Waals surface area contributed by atoms with Crippen LogP contribution in [0, 0.1) is 6.92 Å². The Bertz CT molecular complexity index is 317. The van der Waals surface area contributed by atoms with Gasteiger partial charge in [0.2, 0.25) is 0 Å². The zero-order chi connectivity index (χ0) is 9.30. The molecule has 0 fully saturated rings. The van der Waals surface area contributed by atoms with Gasteiger partial charge in [-0.3, -0.25) is 9.48 Å². The van der Waals surface area contributed by atoms with E-state index in [1.165, 1.54) is 0 Å². The Balaban J connectivity index is 3.05. The molecule has 0 amide bonds. The van der Waals surface area contributed by atoms with Crippen molar-refractivity contribution < 1.29 is 4.79 Å². The average Bonchev–Trinajstić information content (AvgIpc) is 2.16. The molecule has 0 aliphatic rings. The second kappa shape index (κ2) is 3.27. The molecule has 4 heteroatoms. The van der Waals surface area contributed by atoms with Crippen LogP contribution in [0.25, 0.3) is 0 Å². The molecule has 1 aromatic rings. The molecule has 0 bridgehead atoms. The summed E-state index contributed by atoms with van der Waals surface area (Å²) < 4.78 is 1.65. The van der Waals surface area contributed by atoms with E-state index in [0.29, 0.717) is 11.4 Å². The predicted molar refractivity (Wildman–Crippen MR) is 47.3 cm³/mol. The van der Waals surface area contributed by atoms with Gasteiger partial charge in [-0.1, -0.05) is 11.6 Å². The van der Waals surface area contributed by atoms with Crippen LogP contribution in [0.1, 0.15) is 18.3 Å². The van der Waals surface area contributed by atoms with Crippen LogP contribution in [-0.4, -0.2) is 15.6 Å². The number of carbonyl (C=O) groups is 1. The van der Waals surface area contributed by atoms with Gasteiger partial charge >= 0.3 is 0 Å². The lowest BCUT2D eigenvalue weighted by Crippen LogP contribution is -2.04. The summed E-state index contributed by atoms with van der Waals surface area (Å²) in [5.74, 6) is 0.0971. The molecule has 0 unspecified atom stereocenters.